The Hall–Kier alpha value is -1.73. The average molecular weight is 264 g/mol. The van der Waals surface area contributed by atoms with Crippen LogP contribution in [0.5, 0.6) is 0 Å². The summed E-state index contributed by atoms with van der Waals surface area (Å²) in [6.45, 7) is 2.39. The molecular formula is C10H15F3N4O. The van der Waals surface area contributed by atoms with Gasteiger partial charge in [0.2, 0.25) is 0 Å². The van der Waals surface area contributed by atoms with E-state index in [-0.39, 0.29) is 17.4 Å². The first-order valence-corrected chi connectivity index (χ1v) is 5.43. The number of nitrogens with two attached hydrogens (primary N) is 1. The quantitative estimate of drug-likeness (QED) is 0.866. The fraction of sp³-hybridized carbons (Fsp3) is 0.600. The fourth-order valence-corrected chi connectivity index (χ4v) is 1.28. The van der Waals surface area contributed by atoms with Gasteiger partial charge in [0.15, 0.2) is 5.82 Å². The molecule has 0 spiro atoms. The number of alkyl halides is 3. The minimum Gasteiger partial charge on any atom is -0.382 e. The van der Waals surface area contributed by atoms with Gasteiger partial charge in [0.25, 0.3) is 5.91 Å². The second kappa shape index (κ2) is 5.28. The van der Waals surface area contributed by atoms with Gasteiger partial charge in [-0.05, 0) is 13.3 Å². The molecule has 1 atom stereocenters. The normalized spacial score (nSPS) is 13.4. The van der Waals surface area contributed by atoms with Crippen LogP contribution in [0.2, 0.25) is 0 Å². The third kappa shape index (κ3) is 3.94. The van der Waals surface area contributed by atoms with Gasteiger partial charge >= 0.3 is 6.18 Å². The molecule has 0 aromatic carbocycles. The third-order valence-corrected chi connectivity index (χ3v) is 2.37. The molecule has 3 N–H and O–H groups in total. The number of carbonyl (C=O) groups is 1. The van der Waals surface area contributed by atoms with Crippen molar-refractivity contribution in [1.82, 2.24) is 15.1 Å². The van der Waals surface area contributed by atoms with Crippen molar-refractivity contribution in [3.8, 4) is 0 Å². The van der Waals surface area contributed by atoms with E-state index in [0.717, 1.165) is 6.20 Å². The maximum atomic E-state index is 12.1. The first kappa shape index (κ1) is 14.3. The molecule has 0 fully saturated rings. The van der Waals surface area contributed by atoms with Crippen LogP contribution in [0, 0.1) is 0 Å². The zero-order valence-corrected chi connectivity index (χ0v) is 10.1. The van der Waals surface area contributed by atoms with Gasteiger partial charge in [0, 0.05) is 12.2 Å². The lowest BCUT2D eigenvalue weighted by Gasteiger charge is -2.10. The Balaban J connectivity index is 2.81. The Morgan fingerprint density at radius 3 is 2.72 bits per heavy atom. The summed E-state index contributed by atoms with van der Waals surface area (Å²) in [7, 11) is 0. The molecule has 102 valence electrons. The number of nitrogen functional groups attached to an aromatic ring is 1. The van der Waals surface area contributed by atoms with Crippen molar-refractivity contribution >= 4 is 11.7 Å². The summed E-state index contributed by atoms with van der Waals surface area (Å²) in [6, 6.07) is -0.0807. The summed E-state index contributed by atoms with van der Waals surface area (Å²) in [6.07, 6.45) is -2.69. The number of nitrogens with one attached hydrogen (secondary N) is 1. The van der Waals surface area contributed by atoms with Gasteiger partial charge in [0.1, 0.15) is 12.1 Å². The van der Waals surface area contributed by atoms with Crippen LogP contribution >= 0.6 is 0 Å². The number of hydrogen-bond acceptors (Lipinski definition) is 3. The largest absolute Gasteiger partial charge is 0.408 e. The molecular weight excluding hydrogens is 249 g/mol. The van der Waals surface area contributed by atoms with Crippen molar-refractivity contribution in [1.29, 1.82) is 0 Å². The van der Waals surface area contributed by atoms with Crippen LogP contribution < -0.4 is 11.1 Å². The predicted octanol–water partition coefficient (Wildman–Crippen LogP) is 1.56. The lowest BCUT2D eigenvalue weighted by atomic mass is 10.2. The Morgan fingerprint density at radius 1 is 1.61 bits per heavy atom. The van der Waals surface area contributed by atoms with E-state index >= 15 is 0 Å². The van der Waals surface area contributed by atoms with Crippen molar-refractivity contribution in [2.75, 3.05) is 5.73 Å². The van der Waals surface area contributed by atoms with Gasteiger partial charge in [-0.3, -0.25) is 9.48 Å². The van der Waals surface area contributed by atoms with E-state index in [0.29, 0.717) is 11.1 Å². The first-order chi connectivity index (χ1) is 8.23. The molecule has 5 nitrogen and oxygen atoms in total. The number of anilines is 1. The molecule has 0 aliphatic rings. The SMILES string of the molecule is CCC(C)NC(=O)c1cn(CC(F)(F)F)nc1N. The van der Waals surface area contributed by atoms with E-state index < -0.39 is 18.6 Å². The highest BCUT2D eigenvalue weighted by Crippen LogP contribution is 2.19. The van der Waals surface area contributed by atoms with E-state index in [9.17, 15) is 18.0 Å². The first-order valence-electron chi connectivity index (χ1n) is 5.43. The minimum atomic E-state index is -4.40. The van der Waals surface area contributed by atoms with Gasteiger partial charge in [0.05, 0.1) is 0 Å². The van der Waals surface area contributed by atoms with Crippen molar-refractivity contribution in [2.24, 2.45) is 0 Å². The summed E-state index contributed by atoms with van der Waals surface area (Å²) in [4.78, 5) is 11.7. The van der Waals surface area contributed by atoms with E-state index in [1.54, 1.807) is 6.92 Å². The molecule has 8 heteroatoms. The summed E-state index contributed by atoms with van der Waals surface area (Å²) < 4.78 is 37.0. The highest BCUT2D eigenvalue weighted by Gasteiger charge is 2.29. The van der Waals surface area contributed by atoms with E-state index in [1.165, 1.54) is 0 Å². The van der Waals surface area contributed by atoms with Gasteiger partial charge in [-0.2, -0.15) is 18.3 Å². The van der Waals surface area contributed by atoms with Gasteiger partial charge in [-0.1, -0.05) is 6.92 Å². The highest BCUT2D eigenvalue weighted by molar-refractivity contribution is 5.98. The smallest absolute Gasteiger partial charge is 0.382 e. The Bertz CT molecular complexity index is 427. The Kier molecular flexibility index (Phi) is 4.20. The van der Waals surface area contributed by atoms with Crippen LogP contribution in [0.3, 0.4) is 0 Å². The molecule has 1 aromatic heterocycles. The monoisotopic (exact) mass is 264 g/mol. The van der Waals surface area contributed by atoms with Crippen molar-refractivity contribution in [3.63, 3.8) is 0 Å². The Labute approximate surface area is 102 Å². The van der Waals surface area contributed by atoms with Crippen molar-refractivity contribution in [3.05, 3.63) is 11.8 Å². The van der Waals surface area contributed by atoms with Crippen LogP contribution in [0.25, 0.3) is 0 Å². The number of halogens is 3. The van der Waals surface area contributed by atoms with Crippen LogP contribution in [0.15, 0.2) is 6.20 Å². The molecule has 0 radical (unpaired) electrons. The van der Waals surface area contributed by atoms with E-state index in [4.69, 9.17) is 5.73 Å². The Morgan fingerprint density at radius 2 is 2.22 bits per heavy atom. The summed E-state index contributed by atoms with van der Waals surface area (Å²) in [5.41, 5.74) is 5.38. The van der Waals surface area contributed by atoms with Crippen LogP contribution in [0.4, 0.5) is 19.0 Å². The van der Waals surface area contributed by atoms with Gasteiger partial charge in [-0.15, -0.1) is 0 Å². The zero-order chi connectivity index (χ0) is 13.9. The summed E-state index contributed by atoms with van der Waals surface area (Å²) in [5.74, 6) is -0.727. The van der Waals surface area contributed by atoms with Crippen LogP contribution in [-0.4, -0.2) is 27.9 Å². The summed E-state index contributed by atoms with van der Waals surface area (Å²) in [5, 5.41) is 6.07. The molecule has 1 rings (SSSR count). The lowest BCUT2D eigenvalue weighted by molar-refractivity contribution is -0.142. The molecule has 0 saturated heterocycles. The fourth-order valence-electron chi connectivity index (χ4n) is 1.28. The molecule has 1 aromatic rings. The minimum absolute atomic E-state index is 0.0421. The second-order valence-corrected chi connectivity index (χ2v) is 4.02. The molecule has 1 heterocycles. The molecule has 18 heavy (non-hydrogen) atoms. The van der Waals surface area contributed by atoms with Crippen molar-refractivity contribution < 1.29 is 18.0 Å². The molecule has 0 bridgehead atoms. The molecule has 1 unspecified atom stereocenters. The van der Waals surface area contributed by atoms with Gasteiger partial charge in [-0.25, -0.2) is 0 Å². The maximum Gasteiger partial charge on any atom is 0.408 e. The second-order valence-electron chi connectivity index (χ2n) is 4.02. The number of carbonyl (C=O) groups excluding carboxylic acids is 1. The molecule has 0 aliphatic heterocycles. The summed E-state index contributed by atoms with van der Waals surface area (Å²) >= 11 is 0. The lowest BCUT2D eigenvalue weighted by Crippen LogP contribution is -2.32. The highest BCUT2D eigenvalue weighted by atomic mass is 19.4. The number of amides is 1. The maximum absolute atomic E-state index is 12.1. The molecule has 0 aliphatic carbocycles. The van der Waals surface area contributed by atoms with E-state index in [2.05, 4.69) is 10.4 Å². The average Bonchev–Trinajstić information content (AvgIpc) is 2.56. The van der Waals surface area contributed by atoms with Crippen molar-refractivity contribution in [2.45, 2.75) is 39.0 Å². The number of nitrogens with zero attached hydrogens (tertiary/aromatic N) is 2. The predicted molar refractivity (Wildman–Crippen MR) is 59.9 cm³/mol. The topological polar surface area (TPSA) is 72.9 Å². The number of hydrogen-bond donors (Lipinski definition) is 2. The standard InChI is InChI=1S/C10H15F3N4O/c1-3-6(2)15-9(18)7-4-17(16-8(7)14)5-10(11,12)13/h4,6H,3,5H2,1-2H3,(H2,14,16)(H,15,18). The van der Waals surface area contributed by atoms with Crippen LogP contribution in [0.1, 0.15) is 30.6 Å². The third-order valence-electron chi connectivity index (χ3n) is 2.37. The zero-order valence-electron chi connectivity index (χ0n) is 10.1. The molecule has 0 saturated carbocycles. The van der Waals surface area contributed by atoms with Crippen LogP contribution in [-0.2, 0) is 6.54 Å². The number of rotatable bonds is 4. The van der Waals surface area contributed by atoms with E-state index in [1.807, 2.05) is 6.92 Å². The molecule has 1 amide bonds. The number of aromatic nitrogens is 2. The van der Waals surface area contributed by atoms with Gasteiger partial charge < -0.3 is 11.1 Å².